The zero-order valence-corrected chi connectivity index (χ0v) is 24.2. The van der Waals surface area contributed by atoms with Gasteiger partial charge in [-0.1, -0.05) is 35.9 Å². The van der Waals surface area contributed by atoms with Crippen molar-refractivity contribution in [2.75, 3.05) is 12.0 Å². The lowest BCUT2D eigenvalue weighted by atomic mass is 9.73. The van der Waals surface area contributed by atoms with Gasteiger partial charge >= 0.3 is 0 Å². The van der Waals surface area contributed by atoms with Gasteiger partial charge in [-0.2, -0.15) is 0 Å². The predicted octanol–water partition coefficient (Wildman–Crippen LogP) is 6.73. The van der Waals surface area contributed by atoms with Crippen LogP contribution in [0.1, 0.15) is 74.8 Å². The molecule has 2 saturated heterocycles. The maximum absolute atomic E-state index is 13.8. The van der Waals surface area contributed by atoms with E-state index in [0.717, 1.165) is 53.6 Å². The average molecular weight is 562 g/mol. The molecule has 210 valence electrons. The monoisotopic (exact) mass is 561 g/mol. The van der Waals surface area contributed by atoms with Gasteiger partial charge < -0.3 is 24.2 Å². The highest BCUT2D eigenvalue weighted by atomic mass is 35.5. The zero-order valence-electron chi connectivity index (χ0n) is 23.4. The number of carbonyl (C=O) groups excluding carboxylic acids is 1. The van der Waals surface area contributed by atoms with E-state index in [1.807, 2.05) is 86.3 Å². The van der Waals surface area contributed by atoms with Crippen molar-refractivity contribution in [2.45, 2.75) is 82.3 Å². The number of halogens is 1. The Labute approximate surface area is 240 Å². The molecule has 2 atom stereocenters. The Morgan fingerprint density at radius 3 is 2.30 bits per heavy atom. The van der Waals surface area contributed by atoms with Gasteiger partial charge in [0, 0.05) is 10.7 Å². The molecule has 0 saturated carbocycles. The third-order valence-corrected chi connectivity index (χ3v) is 9.12. The van der Waals surface area contributed by atoms with Crippen molar-refractivity contribution in [3.8, 4) is 11.5 Å². The predicted molar refractivity (Wildman–Crippen MR) is 155 cm³/mol. The molecule has 7 heteroatoms. The molecule has 6 nitrogen and oxygen atoms in total. The summed E-state index contributed by atoms with van der Waals surface area (Å²) < 4.78 is 18.0. The third kappa shape index (κ3) is 4.47. The first-order valence-electron chi connectivity index (χ1n) is 14.1. The van der Waals surface area contributed by atoms with E-state index in [0.29, 0.717) is 16.5 Å². The molecule has 1 amide bonds. The Hall–Kier alpha value is -3.06. The van der Waals surface area contributed by atoms with E-state index in [1.54, 1.807) is 7.11 Å². The maximum Gasteiger partial charge on any atom is 0.232 e. The van der Waals surface area contributed by atoms with Gasteiger partial charge in [0.05, 0.1) is 31.8 Å². The van der Waals surface area contributed by atoms with Crippen LogP contribution >= 0.6 is 11.6 Å². The van der Waals surface area contributed by atoms with Gasteiger partial charge in [-0.25, -0.2) is 0 Å². The van der Waals surface area contributed by atoms with Gasteiger partial charge in [-0.3, -0.25) is 4.79 Å². The summed E-state index contributed by atoms with van der Waals surface area (Å²) >= 11 is 6.24. The lowest BCUT2D eigenvalue weighted by Gasteiger charge is -2.41. The Balaban J connectivity index is 1.42. The molecule has 0 aromatic heterocycles. The molecule has 3 heterocycles. The first kappa shape index (κ1) is 27.1. The van der Waals surface area contributed by atoms with Crippen LogP contribution in [0.2, 0.25) is 5.02 Å². The molecule has 1 N–H and O–H groups in total. The van der Waals surface area contributed by atoms with E-state index in [2.05, 4.69) is 0 Å². The molecule has 3 aliphatic heterocycles. The molecule has 2 bridgehead atoms. The maximum atomic E-state index is 13.8. The number of methoxy groups -OCH3 is 1. The lowest BCUT2D eigenvalue weighted by molar-refractivity contribution is -0.146. The molecule has 2 unspecified atom stereocenters. The molecule has 0 aliphatic carbocycles. The van der Waals surface area contributed by atoms with Crippen molar-refractivity contribution in [3.63, 3.8) is 0 Å². The Morgan fingerprint density at radius 1 is 1.05 bits per heavy atom. The van der Waals surface area contributed by atoms with Crippen LogP contribution in [-0.2, 0) is 21.6 Å². The molecule has 2 fully saturated rings. The van der Waals surface area contributed by atoms with Crippen LogP contribution < -0.4 is 14.4 Å². The van der Waals surface area contributed by atoms with Crippen LogP contribution in [0.3, 0.4) is 0 Å². The van der Waals surface area contributed by atoms with Crippen molar-refractivity contribution in [2.24, 2.45) is 0 Å². The van der Waals surface area contributed by atoms with Crippen molar-refractivity contribution in [1.82, 2.24) is 0 Å². The van der Waals surface area contributed by atoms with Gasteiger partial charge in [-0.15, -0.1) is 0 Å². The van der Waals surface area contributed by atoms with E-state index in [9.17, 15) is 9.90 Å². The summed E-state index contributed by atoms with van der Waals surface area (Å²) in [5.74, 6) is 1.22. The molecule has 3 aromatic carbocycles. The second-order valence-electron chi connectivity index (χ2n) is 11.7. The molecule has 3 aromatic rings. The Morgan fingerprint density at radius 2 is 1.73 bits per heavy atom. The number of ether oxygens (including phenoxy) is 3. The lowest BCUT2D eigenvalue weighted by Crippen LogP contribution is -2.48. The second-order valence-corrected chi connectivity index (χ2v) is 12.1. The first-order chi connectivity index (χ1) is 19.1. The zero-order chi connectivity index (χ0) is 28.2. The largest absolute Gasteiger partial charge is 0.493 e. The van der Waals surface area contributed by atoms with Crippen LogP contribution in [0.15, 0.2) is 60.7 Å². The van der Waals surface area contributed by atoms with Crippen LogP contribution in [0.4, 0.5) is 5.69 Å². The number of hydrogen-bond donors (Lipinski definition) is 1. The summed E-state index contributed by atoms with van der Waals surface area (Å²) in [6, 6.07) is 18.9. The number of carbonyl (C=O) groups is 1. The van der Waals surface area contributed by atoms with Gasteiger partial charge in [-0.05, 0) is 105 Å². The molecular weight excluding hydrogens is 526 g/mol. The van der Waals surface area contributed by atoms with Crippen molar-refractivity contribution < 1.29 is 24.1 Å². The first-order valence-corrected chi connectivity index (χ1v) is 14.5. The Bertz CT molecular complexity index is 1410. The van der Waals surface area contributed by atoms with Crippen molar-refractivity contribution in [3.05, 3.63) is 87.9 Å². The fraction of sp³-hybridized carbons (Fsp3) is 0.424. The van der Waals surface area contributed by atoms with Crippen LogP contribution in [0.25, 0.3) is 0 Å². The van der Waals surface area contributed by atoms with E-state index in [-0.39, 0.29) is 24.5 Å². The van der Waals surface area contributed by atoms with E-state index in [1.165, 1.54) is 0 Å². The molecule has 3 aliphatic rings. The minimum Gasteiger partial charge on any atom is -0.493 e. The molecule has 40 heavy (non-hydrogen) atoms. The molecule has 0 radical (unpaired) electrons. The number of benzene rings is 3. The van der Waals surface area contributed by atoms with Gasteiger partial charge in [0.1, 0.15) is 11.2 Å². The second kappa shape index (κ2) is 10.1. The Kier molecular flexibility index (Phi) is 6.84. The number of nitrogens with zero attached hydrogens (tertiary/aromatic N) is 1. The average Bonchev–Trinajstić information content (AvgIpc) is 3.56. The summed E-state index contributed by atoms with van der Waals surface area (Å²) in [6.45, 7) is 5.81. The molecule has 6 rings (SSSR count). The van der Waals surface area contributed by atoms with Crippen molar-refractivity contribution >= 4 is 23.2 Å². The minimum absolute atomic E-state index is 0.0251. The third-order valence-electron chi connectivity index (χ3n) is 8.86. The SMILES string of the molecule is COc1cc2c(cc1OC(C)C)C(c1ccc(Cl)cc1)N(c1ccc(C(C)(O)C34CCC(CC3)O4)cc1)C(=O)C2. The summed E-state index contributed by atoms with van der Waals surface area (Å²) in [4.78, 5) is 15.7. The van der Waals surface area contributed by atoms with Crippen LogP contribution in [0, 0.1) is 0 Å². The minimum atomic E-state index is -1.12. The fourth-order valence-electron chi connectivity index (χ4n) is 6.75. The van der Waals surface area contributed by atoms with E-state index in [4.69, 9.17) is 25.8 Å². The van der Waals surface area contributed by atoms with E-state index >= 15 is 0 Å². The highest BCUT2D eigenvalue weighted by Crippen LogP contribution is 2.53. The van der Waals surface area contributed by atoms with Gasteiger partial charge in [0.15, 0.2) is 11.5 Å². The quantitative estimate of drug-likeness (QED) is 0.346. The van der Waals surface area contributed by atoms with Crippen molar-refractivity contribution in [1.29, 1.82) is 0 Å². The summed E-state index contributed by atoms with van der Waals surface area (Å²) in [5, 5.41) is 12.3. The standard InChI is InChI=1S/C33H36ClNO5/c1-20(2)39-29-19-27-22(17-28(29)38-4)18-30(36)35(31(27)21-5-9-24(34)10-6-21)25-11-7-23(8-12-25)32(3,37)33-15-13-26(40-33)14-16-33/h5-12,17,19-20,26,31,37H,13-16,18H2,1-4H3. The van der Waals surface area contributed by atoms with Crippen LogP contribution in [-0.4, -0.2) is 35.9 Å². The number of amides is 1. The summed E-state index contributed by atoms with van der Waals surface area (Å²) in [7, 11) is 1.61. The molecule has 0 spiro atoms. The number of fused-ring (bicyclic) bond motifs is 3. The molecular formula is C33H36ClNO5. The fourth-order valence-corrected chi connectivity index (χ4v) is 6.88. The van der Waals surface area contributed by atoms with E-state index < -0.39 is 17.2 Å². The highest BCUT2D eigenvalue weighted by Gasteiger charge is 2.57. The number of hydrogen-bond acceptors (Lipinski definition) is 5. The summed E-state index contributed by atoms with van der Waals surface area (Å²) in [5.41, 5.74) is 2.70. The van der Waals surface area contributed by atoms with Gasteiger partial charge in [0.25, 0.3) is 0 Å². The topological polar surface area (TPSA) is 68.2 Å². The number of rotatable bonds is 7. The van der Waals surface area contributed by atoms with Gasteiger partial charge in [0.2, 0.25) is 5.91 Å². The number of anilines is 1. The number of aliphatic hydroxyl groups is 1. The normalized spacial score (nSPS) is 25.2. The van der Waals surface area contributed by atoms with Crippen LogP contribution in [0.5, 0.6) is 11.5 Å². The summed E-state index contributed by atoms with van der Waals surface area (Å²) in [6.07, 6.45) is 4.14. The highest BCUT2D eigenvalue weighted by molar-refractivity contribution is 6.30. The smallest absolute Gasteiger partial charge is 0.232 e.